The minimum atomic E-state index is -0.297. The van der Waals surface area contributed by atoms with E-state index in [-0.39, 0.29) is 12.7 Å². The molecule has 77 heavy (non-hydrogen) atoms. The average molecular weight is 1060 g/mol. The van der Waals surface area contributed by atoms with E-state index >= 15 is 0 Å². The summed E-state index contributed by atoms with van der Waals surface area (Å²) in [7, 11) is 1.95. The molecule has 0 spiro atoms. The molecule has 18 heteroatoms. The predicted molar refractivity (Wildman–Crippen MR) is 300 cm³/mol. The van der Waals surface area contributed by atoms with E-state index in [1.807, 2.05) is 46.7 Å². The molecule has 2 aliphatic heterocycles. The van der Waals surface area contributed by atoms with E-state index in [4.69, 9.17) is 61.6 Å². The molecule has 0 saturated heterocycles. The summed E-state index contributed by atoms with van der Waals surface area (Å²) in [6, 6.07) is 41.3. The van der Waals surface area contributed by atoms with Crippen LogP contribution in [0.3, 0.4) is 0 Å². The van der Waals surface area contributed by atoms with E-state index in [0.717, 1.165) is 86.3 Å². The Kier molecular flexibility index (Phi) is 20.6. The molecule has 1 unspecified atom stereocenters. The Bertz CT molecular complexity index is 3060. The van der Waals surface area contributed by atoms with Gasteiger partial charge < -0.3 is 47.7 Å². The van der Waals surface area contributed by atoms with Crippen molar-refractivity contribution in [3.8, 4) is 63.1 Å². The molecular formula is C59H65N9O8S. The first kappa shape index (κ1) is 54.8. The van der Waals surface area contributed by atoms with Gasteiger partial charge in [0.25, 0.3) is 0 Å². The Morgan fingerprint density at radius 1 is 0.545 bits per heavy atom. The van der Waals surface area contributed by atoms with Crippen LogP contribution in [0.5, 0.6) is 0 Å². The number of aryl methyl sites for hydroxylation is 1. The number of anilines is 2. The fraction of sp³-hybridized carbons (Fsp3) is 0.373. The van der Waals surface area contributed by atoms with Gasteiger partial charge in [0.2, 0.25) is 0 Å². The standard InChI is InChI=1S/C59H65N9O8S/c1-3-27-69-32-34-72-36-37-75-43-49(42-74-29-12-28-70-30-25-66-40-45-13-4-6-15-50(45)58-56(61-63-65(58)2)52-17-8-10-19-54(52)66)76-39-38-73-35-33-71-31-26-67-41-46-14-5-7-16-51(46)59-57(53-18-9-11-20-55(53)67)62-64-68(59)48-23-21-47(22-24-48)60-44-77/h1,4-11,13-24,49H,12,25-43H2,2H3. The van der Waals surface area contributed by atoms with Gasteiger partial charge in [0.15, 0.2) is 0 Å². The highest BCUT2D eigenvalue weighted by Crippen LogP contribution is 2.43. The first-order chi connectivity index (χ1) is 38.1. The normalized spacial score (nSPS) is 12.8. The van der Waals surface area contributed by atoms with Crippen molar-refractivity contribution in [1.82, 2.24) is 30.0 Å². The molecule has 7 aromatic rings. The zero-order chi connectivity index (χ0) is 52.9. The summed E-state index contributed by atoms with van der Waals surface area (Å²) in [6.07, 6.45) is 5.69. The Balaban J connectivity index is 0.705. The number of aliphatic imine (C=N–C) groups is 1. The van der Waals surface area contributed by atoms with E-state index in [1.165, 1.54) is 5.56 Å². The second-order valence-corrected chi connectivity index (χ2v) is 18.4. The van der Waals surface area contributed by atoms with Crippen LogP contribution in [0.4, 0.5) is 17.1 Å². The van der Waals surface area contributed by atoms with Crippen LogP contribution in [0.15, 0.2) is 126 Å². The minimum Gasteiger partial charge on any atom is -0.380 e. The second kappa shape index (κ2) is 29.0. The molecule has 0 radical (unpaired) electrons. The molecule has 0 saturated carbocycles. The largest absolute Gasteiger partial charge is 0.380 e. The van der Waals surface area contributed by atoms with E-state index in [0.29, 0.717) is 112 Å². The molecule has 4 heterocycles. The maximum absolute atomic E-state index is 6.21. The van der Waals surface area contributed by atoms with Crippen molar-refractivity contribution in [3.05, 3.63) is 132 Å². The Morgan fingerprint density at radius 2 is 1.04 bits per heavy atom. The number of aromatic nitrogens is 6. The number of fused-ring (bicyclic) bond motifs is 10. The lowest BCUT2D eigenvalue weighted by atomic mass is 9.95. The summed E-state index contributed by atoms with van der Waals surface area (Å²) in [6.45, 7) is 9.24. The Labute approximate surface area is 455 Å². The van der Waals surface area contributed by atoms with Crippen LogP contribution in [-0.4, -0.2) is 153 Å². The van der Waals surface area contributed by atoms with E-state index in [2.05, 4.69) is 132 Å². The topological polar surface area (TPSA) is 154 Å². The number of rotatable bonds is 30. The third kappa shape index (κ3) is 14.5. The van der Waals surface area contributed by atoms with Gasteiger partial charge in [-0.2, -0.15) is 4.99 Å². The maximum Gasteiger partial charge on any atom is 0.123 e. The van der Waals surface area contributed by atoms with Crippen molar-refractivity contribution < 1.29 is 37.9 Å². The van der Waals surface area contributed by atoms with Crippen molar-refractivity contribution in [2.24, 2.45) is 12.0 Å². The monoisotopic (exact) mass is 1060 g/mol. The number of isothiocyanates is 1. The number of terminal acetylenes is 1. The first-order valence-electron chi connectivity index (χ1n) is 26.1. The van der Waals surface area contributed by atoms with Gasteiger partial charge in [-0.15, -0.1) is 16.6 Å². The van der Waals surface area contributed by atoms with Crippen LogP contribution >= 0.6 is 12.2 Å². The van der Waals surface area contributed by atoms with E-state index < -0.39 is 0 Å². The quantitative estimate of drug-likeness (QED) is 0.0183. The SMILES string of the molecule is C#CCOCCOCCOCC(COCCCOCCN1Cc2ccccc2-c2c(nnn2C)-c2ccccc21)OCCOCCOCCN1Cc2ccccc2-c2c(nnn2-c2ccc(N=C=S)cc2)-c2ccccc21. The van der Waals surface area contributed by atoms with Crippen molar-refractivity contribution in [2.45, 2.75) is 25.6 Å². The summed E-state index contributed by atoms with van der Waals surface area (Å²) in [5.74, 6) is 2.45. The highest BCUT2D eigenvalue weighted by atomic mass is 32.1. The second-order valence-electron chi connectivity index (χ2n) is 18.2. The smallest absolute Gasteiger partial charge is 0.123 e. The predicted octanol–water partition coefficient (Wildman–Crippen LogP) is 8.66. The zero-order valence-electron chi connectivity index (χ0n) is 43.5. The van der Waals surface area contributed by atoms with Gasteiger partial charge in [-0.05, 0) is 66.2 Å². The molecule has 2 aliphatic rings. The van der Waals surface area contributed by atoms with Gasteiger partial charge in [-0.3, -0.25) is 0 Å². The summed E-state index contributed by atoms with van der Waals surface area (Å²) >= 11 is 4.80. The number of nitrogens with zero attached hydrogens (tertiary/aromatic N) is 9. The van der Waals surface area contributed by atoms with E-state index in [1.54, 1.807) is 0 Å². The zero-order valence-corrected chi connectivity index (χ0v) is 44.4. The van der Waals surface area contributed by atoms with Crippen molar-refractivity contribution in [3.63, 3.8) is 0 Å². The van der Waals surface area contributed by atoms with Gasteiger partial charge in [0.05, 0.1) is 102 Å². The Morgan fingerprint density at radius 3 is 1.68 bits per heavy atom. The summed E-state index contributed by atoms with van der Waals surface area (Å²) in [4.78, 5) is 8.81. The first-order valence-corrected chi connectivity index (χ1v) is 26.5. The number of hydrogen-bond donors (Lipinski definition) is 0. The fourth-order valence-electron chi connectivity index (χ4n) is 9.46. The van der Waals surface area contributed by atoms with Crippen molar-refractivity contribution in [2.75, 3.05) is 122 Å². The third-order valence-corrected chi connectivity index (χ3v) is 13.2. The highest BCUT2D eigenvalue weighted by molar-refractivity contribution is 7.78. The number of thiocarbonyl (C=S) groups is 1. The molecule has 2 aromatic heterocycles. The van der Waals surface area contributed by atoms with Crippen LogP contribution < -0.4 is 9.80 Å². The third-order valence-electron chi connectivity index (χ3n) is 13.1. The molecule has 17 nitrogen and oxygen atoms in total. The number of hydrogen-bond acceptors (Lipinski definition) is 16. The number of para-hydroxylation sites is 2. The van der Waals surface area contributed by atoms with Crippen LogP contribution in [0.2, 0.25) is 0 Å². The van der Waals surface area contributed by atoms with Crippen molar-refractivity contribution >= 4 is 34.4 Å². The molecule has 9 rings (SSSR count). The number of benzene rings is 5. The summed E-state index contributed by atoms with van der Waals surface area (Å²) < 4.78 is 51.2. The van der Waals surface area contributed by atoms with Crippen LogP contribution in [0.1, 0.15) is 17.5 Å². The Hall–Kier alpha value is -6.98. The lowest BCUT2D eigenvalue weighted by Crippen LogP contribution is -2.29. The van der Waals surface area contributed by atoms with Gasteiger partial charge in [0, 0.05) is 80.1 Å². The highest BCUT2D eigenvalue weighted by Gasteiger charge is 2.28. The molecular weight excluding hydrogens is 995 g/mol. The number of ether oxygens (including phenoxy) is 8. The van der Waals surface area contributed by atoms with E-state index in [9.17, 15) is 0 Å². The van der Waals surface area contributed by atoms with Gasteiger partial charge in [-0.1, -0.05) is 101 Å². The molecule has 0 aliphatic carbocycles. The van der Waals surface area contributed by atoms with Gasteiger partial charge in [-0.25, -0.2) is 9.36 Å². The molecule has 0 amide bonds. The lowest BCUT2D eigenvalue weighted by Gasteiger charge is -2.30. The van der Waals surface area contributed by atoms with Crippen LogP contribution in [0, 0.1) is 12.3 Å². The van der Waals surface area contributed by atoms with Crippen molar-refractivity contribution in [1.29, 1.82) is 0 Å². The average Bonchev–Trinajstić information content (AvgIpc) is 4.07. The summed E-state index contributed by atoms with van der Waals surface area (Å²) in [5, 5.41) is 20.8. The fourth-order valence-corrected chi connectivity index (χ4v) is 9.56. The molecule has 0 N–H and O–H groups in total. The molecule has 1 atom stereocenters. The molecule has 0 fully saturated rings. The van der Waals surface area contributed by atoms with Crippen LogP contribution in [-0.2, 0) is 58.0 Å². The van der Waals surface area contributed by atoms with Gasteiger partial charge >= 0.3 is 0 Å². The minimum absolute atomic E-state index is 0.264. The molecule has 400 valence electrons. The molecule has 5 aromatic carbocycles. The lowest BCUT2D eigenvalue weighted by molar-refractivity contribution is -0.0825. The molecule has 0 bridgehead atoms. The summed E-state index contributed by atoms with van der Waals surface area (Å²) in [5.41, 5.74) is 14.1. The maximum atomic E-state index is 6.21. The van der Waals surface area contributed by atoms with Crippen LogP contribution in [0.25, 0.3) is 50.7 Å². The van der Waals surface area contributed by atoms with Gasteiger partial charge in [0.1, 0.15) is 29.8 Å².